The fourth-order valence-electron chi connectivity index (χ4n) is 3.50. The SMILES string of the molecule is O=C1OC(=O)c2c(OCc3ccc(COc4cccc5c4C(=O)OC5=O)cc3)cccc21. The Balaban J connectivity index is 1.24. The summed E-state index contributed by atoms with van der Waals surface area (Å²) in [5.74, 6) is -2.23. The van der Waals surface area contributed by atoms with E-state index >= 15 is 0 Å². The van der Waals surface area contributed by atoms with Crippen molar-refractivity contribution in [3.63, 3.8) is 0 Å². The molecule has 0 radical (unpaired) electrons. The molecule has 0 unspecified atom stereocenters. The first-order valence-corrected chi connectivity index (χ1v) is 9.64. The third-order valence-corrected chi connectivity index (χ3v) is 5.08. The molecule has 0 aromatic heterocycles. The second kappa shape index (κ2) is 7.66. The molecular formula is C24H14O8. The van der Waals surface area contributed by atoms with Gasteiger partial charge in [-0.2, -0.15) is 0 Å². The van der Waals surface area contributed by atoms with Gasteiger partial charge >= 0.3 is 23.9 Å². The molecule has 8 nitrogen and oxygen atoms in total. The normalized spacial score (nSPS) is 14.0. The van der Waals surface area contributed by atoms with Gasteiger partial charge in [-0.15, -0.1) is 0 Å². The highest BCUT2D eigenvalue weighted by Gasteiger charge is 2.33. The van der Waals surface area contributed by atoms with Crippen LogP contribution in [0.3, 0.4) is 0 Å². The van der Waals surface area contributed by atoms with Gasteiger partial charge in [0.15, 0.2) is 0 Å². The summed E-state index contributed by atoms with van der Waals surface area (Å²) < 4.78 is 20.7. The van der Waals surface area contributed by atoms with E-state index in [2.05, 4.69) is 9.47 Å². The first kappa shape index (κ1) is 19.5. The fourth-order valence-corrected chi connectivity index (χ4v) is 3.50. The van der Waals surface area contributed by atoms with Crippen LogP contribution in [-0.4, -0.2) is 23.9 Å². The van der Waals surface area contributed by atoms with Gasteiger partial charge < -0.3 is 18.9 Å². The molecule has 0 saturated carbocycles. The maximum atomic E-state index is 11.9. The van der Waals surface area contributed by atoms with Crippen LogP contribution >= 0.6 is 0 Å². The molecule has 0 amide bonds. The summed E-state index contributed by atoms with van der Waals surface area (Å²) in [6.07, 6.45) is 0. The van der Waals surface area contributed by atoms with Crippen LogP contribution in [0.25, 0.3) is 0 Å². The van der Waals surface area contributed by atoms with Crippen molar-refractivity contribution in [2.75, 3.05) is 0 Å². The van der Waals surface area contributed by atoms with E-state index < -0.39 is 23.9 Å². The Bertz CT molecular complexity index is 1190. The van der Waals surface area contributed by atoms with Gasteiger partial charge in [-0.3, -0.25) is 0 Å². The summed E-state index contributed by atoms with van der Waals surface area (Å²) in [6, 6.07) is 16.8. The molecule has 0 fully saturated rings. The summed E-state index contributed by atoms with van der Waals surface area (Å²) in [4.78, 5) is 47.0. The van der Waals surface area contributed by atoms with Crippen LogP contribution in [0.5, 0.6) is 11.5 Å². The quantitative estimate of drug-likeness (QED) is 0.432. The average Bonchev–Trinajstić information content (AvgIpc) is 3.26. The summed E-state index contributed by atoms with van der Waals surface area (Å²) in [6.45, 7) is 0.360. The molecule has 3 aromatic rings. The maximum Gasteiger partial charge on any atom is 0.350 e. The molecule has 0 aliphatic carbocycles. The van der Waals surface area contributed by atoms with Crippen molar-refractivity contribution in [2.45, 2.75) is 13.2 Å². The molecule has 158 valence electrons. The topological polar surface area (TPSA) is 105 Å². The Labute approximate surface area is 181 Å². The number of fused-ring (bicyclic) bond motifs is 2. The Hall–Kier alpha value is -4.46. The van der Waals surface area contributed by atoms with E-state index in [0.717, 1.165) is 11.1 Å². The van der Waals surface area contributed by atoms with E-state index in [9.17, 15) is 19.2 Å². The number of ether oxygens (including phenoxy) is 4. The van der Waals surface area contributed by atoms with Gasteiger partial charge in [-0.1, -0.05) is 36.4 Å². The maximum absolute atomic E-state index is 11.9. The third kappa shape index (κ3) is 3.37. The van der Waals surface area contributed by atoms with Crippen LogP contribution in [0, 0.1) is 0 Å². The monoisotopic (exact) mass is 430 g/mol. The zero-order valence-corrected chi connectivity index (χ0v) is 16.5. The van der Waals surface area contributed by atoms with Gasteiger partial charge in [0.05, 0.1) is 11.1 Å². The number of cyclic esters (lactones) is 4. The molecule has 0 bridgehead atoms. The van der Waals surface area contributed by atoms with E-state index in [1.54, 1.807) is 24.3 Å². The van der Waals surface area contributed by atoms with Crippen molar-refractivity contribution in [3.8, 4) is 11.5 Å². The minimum atomic E-state index is -0.717. The molecule has 2 heterocycles. The highest BCUT2D eigenvalue weighted by molar-refractivity contribution is 6.16. The predicted octanol–water partition coefficient (Wildman–Crippen LogP) is 3.47. The van der Waals surface area contributed by atoms with E-state index in [1.807, 2.05) is 24.3 Å². The van der Waals surface area contributed by atoms with Crippen molar-refractivity contribution in [1.82, 2.24) is 0 Å². The van der Waals surface area contributed by atoms with Crippen LogP contribution in [0.1, 0.15) is 52.6 Å². The van der Waals surface area contributed by atoms with E-state index in [1.165, 1.54) is 12.1 Å². The lowest BCUT2D eigenvalue weighted by Gasteiger charge is -2.10. The first-order valence-electron chi connectivity index (χ1n) is 9.64. The Kier molecular flexibility index (Phi) is 4.67. The standard InChI is InChI=1S/C24H14O8/c25-21-15-3-1-5-17(19(15)23(27)31-21)29-11-13-7-9-14(10-8-13)12-30-18-6-2-4-16-20(18)24(28)32-22(16)26/h1-10H,11-12H2. The summed E-state index contributed by atoms with van der Waals surface area (Å²) in [7, 11) is 0. The van der Waals surface area contributed by atoms with Crippen LogP contribution in [0.15, 0.2) is 60.7 Å². The van der Waals surface area contributed by atoms with Gasteiger partial charge in [0.1, 0.15) is 35.8 Å². The lowest BCUT2D eigenvalue weighted by atomic mass is 10.1. The average molecular weight is 430 g/mol. The molecule has 2 aliphatic heterocycles. The second-order valence-electron chi connectivity index (χ2n) is 7.11. The van der Waals surface area contributed by atoms with Gasteiger partial charge in [0.25, 0.3) is 0 Å². The molecule has 32 heavy (non-hydrogen) atoms. The molecule has 0 spiro atoms. The number of esters is 4. The molecule has 0 N–H and O–H groups in total. The second-order valence-corrected chi connectivity index (χ2v) is 7.11. The molecule has 0 atom stereocenters. The molecule has 2 aliphatic rings. The highest BCUT2D eigenvalue weighted by atomic mass is 16.6. The van der Waals surface area contributed by atoms with Crippen molar-refractivity contribution in [3.05, 3.63) is 94.0 Å². The Morgan fingerprint density at radius 1 is 0.531 bits per heavy atom. The number of benzene rings is 3. The van der Waals surface area contributed by atoms with Crippen molar-refractivity contribution in [1.29, 1.82) is 0 Å². The molecule has 0 saturated heterocycles. The minimum absolute atomic E-state index is 0.134. The van der Waals surface area contributed by atoms with E-state index in [4.69, 9.17) is 9.47 Å². The molecule has 5 rings (SSSR count). The zero-order valence-electron chi connectivity index (χ0n) is 16.5. The number of hydrogen-bond acceptors (Lipinski definition) is 8. The van der Waals surface area contributed by atoms with Gasteiger partial charge in [0.2, 0.25) is 0 Å². The molecule has 3 aromatic carbocycles. The van der Waals surface area contributed by atoms with E-state index in [-0.39, 0.29) is 47.0 Å². The first-order chi connectivity index (χ1) is 15.5. The van der Waals surface area contributed by atoms with Crippen LogP contribution in [-0.2, 0) is 22.7 Å². The lowest BCUT2D eigenvalue weighted by molar-refractivity contribution is 0.0424. The van der Waals surface area contributed by atoms with Gasteiger partial charge in [-0.25, -0.2) is 19.2 Å². The van der Waals surface area contributed by atoms with Crippen LogP contribution in [0.4, 0.5) is 0 Å². The van der Waals surface area contributed by atoms with Crippen molar-refractivity contribution < 1.29 is 38.1 Å². The number of hydrogen-bond donors (Lipinski definition) is 0. The Morgan fingerprint density at radius 3 is 1.34 bits per heavy atom. The summed E-state index contributed by atoms with van der Waals surface area (Å²) in [5.41, 5.74) is 2.32. The van der Waals surface area contributed by atoms with Crippen molar-refractivity contribution in [2.24, 2.45) is 0 Å². The van der Waals surface area contributed by atoms with Crippen molar-refractivity contribution >= 4 is 23.9 Å². The van der Waals surface area contributed by atoms with Gasteiger partial charge in [0, 0.05) is 0 Å². The van der Waals surface area contributed by atoms with Crippen LogP contribution in [0.2, 0.25) is 0 Å². The number of carbonyl (C=O) groups excluding carboxylic acids is 4. The minimum Gasteiger partial charge on any atom is -0.488 e. The lowest BCUT2D eigenvalue weighted by Crippen LogP contribution is -2.03. The predicted molar refractivity (Wildman–Crippen MR) is 107 cm³/mol. The van der Waals surface area contributed by atoms with Gasteiger partial charge in [-0.05, 0) is 35.4 Å². The van der Waals surface area contributed by atoms with Crippen LogP contribution < -0.4 is 9.47 Å². The largest absolute Gasteiger partial charge is 0.488 e. The molecular weight excluding hydrogens is 416 g/mol. The van der Waals surface area contributed by atoms with E-state index in [0.29, 0.717) is 0 Å². The zero-order chi connectivity index (χ0) is 22.2. The highest BCUT2D eigenvalue weighted by Crippen LogP contribution is 2.31. The Morgan fingerprint density at radius 2 is 0.938 bits per heavy atom. The smallest absolute Gasteiger partial charge is 0.350 e. The number of carbonyl (C=O) groups is 4. The molecule has 8 heteroatoms. The number of rotatable bonds is 6. The third-order valence-electron chi connectivity index (χ3n) is 5.08. The summed E-state index contributed by atoms with van der Waals surface area (Å²) in [5, 5.41) is 0. The fraction of sp³-hybridized carbons (Fsp3) is 0.0833. The summed E-state index contributed by atoms with van der Waals surface area (Å²) >= 11 is 0.